The lowest BCUT2D eigenvalue weighted by Crippen LogP contribution is -2.27. The van der Waals surface area contributed by atoms with Crippen LogP contribution in [-0.4, -0.2) is 27.0 Å². The third-order valence-electron chi connectivity index (χ3n) is 4.10. The van der Waals surface area contributed by atoms with Crippen molar-refractivity contribution in [2.24, 2.45) is 0 Å². The first kappa shape index (κ1) is 17.6. The summed E-state index contributed by atoms with van der Waals surface area (Å²) in [5.41, 5.74) is 2.48. The van der Waals surface area contributed by atoms with Gasteiger partial charge in [0.2, 0.25) is 0 Å². The monoisotopic (exact) mass is 394 g/mol. The quantitative estimate of drug-likeness (QED) is 0.529. The van der Waals surface area contributed by atoms with Gasteiger partial charge in [-0.2, -0.15) is 0 Å². The number of thiazole rings is 1. The number of amides is 1. The molecule has 0 unspecified atom stereocenters. The Balaban J connectivity index is 1.37. The van der Waals surface area contributed by atoms with Crippen LogP contribution in [0.15, 0.2) is 60.4 Å². The molecule has 3 heterocycles. The van der Waals surface area contributed by atoms with Crippen LogP contribution in [0.3, 0.4) is 0 Å². The van der Waals surface area contributed by atoms with Gasteiger partial charge >= 0.3 is 0 Å². The second kappa shape index (κ2) is 7.85. The Morgan fingerprint density at radius 2 is 2.04 bits per heavy atom. The molecular formula is C20H18N4OS2. The third kappa shape index (κ3) is 3.99. The number of nitrogens with one attached hydrogen (secondary N) is 1. The minimum absolute atomic E-state index is 0.122. The molecule has 3 aromatic heterocycles. The Kier molecular flexibility index (Phi) is 5.13. The van der Waals surface area contributed by atoms with E-state index < -0.39 is 0 Å². The Bertz CT molecular complexity index is 1050. The van der Waals surface area contributed by atoms with E-state index in [1.54, 1.807) is 39.8 Å². The largest absolute Gasteiger partial charge is 0.350 e. The van der Waals surface area contributed by atoms with Crippen molar-refractivity contribution < 1.29 is 4.79 Å². The van der Waals surface area contributed by atoms with E-state index in [-0.39, 0.29) is 5.91 Å². The van der Waals surface area contributed by atoms with Crippen molar-refractivity contribution >= 4 is 28.6 Å². The maximum atomic E-state index is 12.5. The van der Waals surface area contributed by atoms with Gasteiger partial charge in [0.1, 0.15) is 5.69 Å². The molecule has 1 amide bonds. The van der Waals surface area contributed by atoms with Crippen LogP contribution in [0.2, 0.25) is 0 Å². The van der Waals surface area contributed by atoms with E-state index in [9.17, 15) is 4.79 Å². The molecule has 0 bridgehead atoms. The summed E-state index contributed by atoms with van der Waals surface area (Å²) in [5.74, 6) is -0.122. The lowest BCUT2D eigenvalue weighted by atomic mass is 10.3. The first-order chi connectivity index (χ1) is 13.2. The molecule has 27 heavy (non-hydrogen) atoms. The van der Waals surface area contributed by atoms with Crippen LogP contribution in [0.4, 0.5) is 0 Å². The smallest absolute Gasteiger partial charge is 0.269 e. The average Bonchev–Trinajstić information content (AvgIpc) is 3.42. The van der Waals surface area contributed by atoms with Crippen molar-refractivity contribution in [2.45, 2.75) is 13.3 Å². The molecule has 5 nitrogen and oxygen atoms in total. The van der Waals surface area contributed by atoms with Gasteiger partial charge in [-0.15, -0.1) is 22.7 Å². The van der Waals surface area contributed by atoms with Gasteiger partial charge in [-0.05, 0) is 37.6 Å². The third-order valence-corrected chi connectivity index (χ3v) is 6.04. The summed E-state index contributed by atoms with van der Waals surface area (Å²) >= 11 is 3.38. The molecule has 0 aliphatic rings. The number of rotatable bonds is 6. The van der Waals surface area contributed by atoms with Gasteiger partial charge in [0, 0.05) is 22.5 Å². The molecule has 0 fully saturated rings. The normalized spacial score (nSPS) is 10.9. The molecule has 0 aliphatic heterocycles. The topological polar surface area (TPSA) is 59.8 Å². The van der Waals surface area contributed by atoms with Crippen LogP contribution in [0.25, 0.3) is 16.3 Å². The fraction of sp³-hybridized carbons (Fsp3) is 0.150. The molecular weight excluding hydrogens is 376 g/mol. The van der Waals surface area contributed by atoms with Crippen LogP contribution in [0, 0.1) is 6.92 Å². The van der Waals surface area contributed by atoms with E-state index in [0.29, 0.717) is 12.2 Å². The van der Waals surface area contributed by atoms with E-state index in [0.717, 1.165) is 22.8 Å². The minimum atomic E-state index is -0.122. The number of benzene rings is 1. The average molecular weight is 395 g/mol. The standard InChI is InChI=1S/C20H18N4OS2/c1-14-23-17(12-26-14)19-8-7-16(27-19)9-10-22-20(25)18-11-21-13-24(18)15-5-3-2-4-6-15/h2-8,11-13H,9-10H2,1H3,(H,22,25). The summed E-state index contributed by atoms with van der Waals surface area (Å²) < 4.78 is 1.79. The van der Waals surface area contributed by atoms with Crippen molar-refractivity contribution in [3.8, 4) is 16.3 Å². The molecule has 0 radical (unpaired) electrons. The number of thiophene rings is 1. The van der Waals surface area contributed by atoms with Crippen LogP contribution in [0.1, 0.15) is 20.4 Å². The fourth-order valence-electron chi connectivity index (χ4n) is 2.77. The zero-order chi connectivity index (χ0) is 18.6. The number of para-hydroxylation sites is 1. The molecule has 136 valence electrons. The molecule has 0 spiro atoms. The summed E-state index contributed by atoms with van der Waals surface area (Å²) in [5, 5.41) is 6.14. The Morgan fingerprint density at radius 1 is 1.19 bits per heavy atom. The second-order valence-corrected chi connectivity index (χ2v) is 8.24. The van der Waals surface area contributed by atoms with Crippen LogP contribution >= 0.6 is 22.7 Å². The number of nitrogens with zero attached hydrogens (tertiary/aromatic N) is 3. The van der Waals surface area contributed by atoms with Crippen molar-refractivity contribution in [3.63, 3.8) is 0 Å². The van der Waals surface area contributed by atoms with Crippen molar-refractivity contribution in [2.75, 3.05) is 6.54 Å². The van der Waals surface area contributed by atoms with Gasteiger partial charge in [0.15, 0.2) is 0 Å². The molecule has 0 atom stereocenters. The molecule has 0 saturated carbocycles. The maximum Gasteiger partial charge on any atom is 0.269 e. The Labute approximate surface area is 165 Å². The van der Waals surface area contributed by atoms with Gasteiger partial charge in [0.05, 0.1) is 28.1 Å². The van der Waals surface area contributed by atoms with E-state index in [4.69, 9.17) is 0 Å². The van der Waals surface area contributed by atoms with Crippen LogP contribution in [0.5, 0.6) is 0 Å². The first-order valence-electron chi connectivity index (χ1n) is 8.58. The second-order valence-electron chi connectivity index (χ2n) is 6.01. The Hall–Kier alpha value is -2.77. The predicted octanol–water partition coefficient (Wildman–Crippen LogP) is 4.34. The van der Waals surface area contributed by atoms with E-state index in [1.165, 1.54) is 9.75 Å². The highest BCUT2D eigenvalue weighted by Crippen LogP contribution is 2.29. The van der Waals surface area contributed by atoms with Gasteiger partial charge in [-0.1, -0.05) is 18.2 Å². The molecule has 4 aromatic rings. The van der Waals surface area contributed by atoms with Crippen LogP contribution in [-0.2, 0) is 6.42 Å². The predicted molar refractivity (Wildman–Crippen MR) is 110 cm³/mol. The highest BCUT2D eigenvalue weighted by atomic mass is 32.1. The molecule has 4 rings (SSSR count). The van der Waals surface area contributed by atoms with Gasteiger partial charge < -0.3 is 5.32 Å². The number of aromatic nitrogens is 3. The summed E-state index contributed by atoms with van der Waals surface area (Å²) in [6.45, 7) is 2.59. The van der Waals surface area contributed by atoms with Gasteiger partial charge in [-0.25, -0.2) is 9.97 Å². The summed E-state index contributed by atoms with van der Waals surface area (Å²) in [6, 6.07) is 13.9. The number of imidazole rings is 1. The lowest BCUT2D eigenvalue weighted by Gasteiger charge is -2.08. The number of hydrogen-bond acceptors (Lipinski definition) is 5. The minimum Gasteiger partial charge on any atom is -0.350 e. The first-order valence-corrected chi connectivity index (χ1v) is 10.3. The number of carbonyl (C=O) groups is 1. The molecule has 1 N–H and O–H groups in total. The summed E-state index contributed by atoms with van der Waals surface area (Å²) in [4.78, 5) is 23.6. The number of carbonyl (C=O) groups excluding carboxylic acids is 1. The van der Waals surface area contributed by atoms with E-state index >= 15 is 0 Å². The highest BCUT2D eigenvalue weighted by molar-refractivity contribution is 7.16. The maximum absolute atomic E-state index is 12.5. The lowest BCUT2D eigenvalue weighted by molar-refractivity contribution is 0.0947. The zero-order valence-corrected chi connectivity index (χ0v) is 16.4. The number of hydrogen-bond donors (Lipinski definition) is 1. The highest BCUT2D eigenvalue weighted by Gasteiger charge is 2.13. The van der Waals surface area contributed by atoms with Gasteiger partial charge in [-0.3, -0.25) is 9.36 Å². The van der Waals surface area contributed by atoms with Crippen molar-refractivity contribution in [1.82, 2.24) is 19.9 Å². The van der Waals surface area contributed by atoms with Crippen LogP contribution < -0.4 is 5.32 Å². The van der Waals surface area contributed by atoms with Crippen molar-refractivity contribution in [3.05, 3.63) is 75.9 Å². The Morgan fingerprint density at radius 3 is 2.81 bits per heavy atom. The summed E-state index contributed by atoms with van der Waals surface area (Å²) in [6.07, 6.45) is 4.04. The van der Waals surface area contributed by atoms with E-state index in [2.05, 4.69) is 32.8 Å². The van der Waals surface area contributed by atoms with Crippen molar-refractivity contribution in [1.29, 1.82) is 0 Å². The SMILES string of the molecule is Cc1nc(-c2ccc(CCNC(=O)c3cncn3-c3ccccc3)s2)cs1. The van der Waals surface area contributed by atoms with Gasteiger partial charge in [0.25, 0.3) is 5.91 Å². The molecule has 7 heteroatoms. The fourth-order valence-corrected chi connectivity index (χ4v) is 4.43. The molecule has 0 aliphatic carbocycles. The van der Waals surface area contributed by atoms with E-state index in [1.807, 2.05) is 37.3 Å². The number of aryl methyl sites for hydroxylation is 1. The molecule has 1 aromatic carbocycles. The molecule has 0 saturated heterocycles. The summed E-state index contributed by atoms with van der Waals surface area (Å²) in [7, 11) is 0. The zero-order valence-electron chi connectivity index (χ0n) is 14.8.